The molecule has 2 fully saturated rings. The number of nitrogens with one attached hydrogen (secondary N) is 1. The summed E-state index contributed by atoms with van der Waals surface area (Å²) in [7, 11) is 2.06. The molecule has 1 aromatic heterocycles. The first-order chi connectivity index (χ1) is 8.86. The second-order valence-corrected chi connectivity index (χ2v) is 6.65. The summed E-state index contributed by atoms with van der Waals surface area (Å²) in [5, 5.41) is 3.30. The minimum atomic E-state index is 0. The average molecular weight is 302 g/mol. The number of halogens is 1. The van der Waals surface area contributed by atoms with Crippen LogP contribution in [0.1, 0.15) is 42.2 Å². The lowest BCUT2D eigenvalue weighted by Crippen LogP contribution is -2.36. The van der Waals surface area contributed by atoms with Gasteiger partial charge in [0.2, 0.25) is 0 Å². The van der Waals surface area contributed by atoms with Crippen LogP contribution in [0.25, 0.3) is 0 Å². The number of likely N-dealkylation sites (tertiary alicyclic amines) is 1. The van der Waals surface area contributed by atoms with Gasteiger partial charge in [0.25, 0.3) is 0 Å². The van der Waals surface area contributed by atoms with Crippen LogP contribution in [0, 0.1) is 5.92 Å². The van der Waals surface area contributed by atoms with Crippen LogP contribution in [0.4, 0.5) is 0 Å². The fourth-order valence-electron chi connectivity index (χ4n) is 2.93. The summed E-state index contributed by atoms with van der Waals surface area (Å²) >= 11 is 1.86. The van der Waals surface area contributed by atoms with Gasteiger partial charge in [0.05, 0.1) is 11.2 Å². The lowest BCUT2D eigenvalue weighted by Gasteiger charge is -2.31. The third-order valence-electron chi connectivity index (χ3n) is 4.20. The van der Waals surface area contributed by atoms with Crippen LogP contribution >= 0.6 is 23.7 Å². The Balaban J connectivity index is 0.00000133. The third kappa shape index (κ3) is 3.91. The van der Waals surface area contributed by atoms with E-state index in [9.17, 15) is 0 Å². The van der Waals surface area contributed by atoms with E-state index in [0.29, 0.717) is 0 Å². The van der Waals surface area contributed by atoms with Crippen LogP contribution in [0.2, 0.25) is 0 Å². The van der Waals surface area contributed by atoms with Gasteiger partial charge >= 0.3 is 0 Å². The van der Waals surface area contributed by atoms with E-state index in [4.69, 9.17) is 0 Å². The monoisotopic (exact) mass is 301 g/mol. The van der Waals surface area contributed by atoms with Gasteiger partial charge in [0, 0.05) is 17.3 Å². The summed E-state index contributed by atoms with van der Waals surface area (Å²) in [6.45, 7) is 4.84. The van der Waals surface area contributed by atoms with E-state index in [2.05, 4.69) is 22.2 Å². The Morgan fingerprint density at radius 3 is 2.68 bits per heavy atom. The molecular weight excluding hydrogens is 278 g/mol. The van der Waals surface area contributed by atoms with Gasteiger partial charge in [0.15, 0.2) is 0 Å². The van der Waals surface area contributed by atoms with Crippen molar-refractivity contribution >= 4 is 23.7 Å². The predicted octanol–water partition coefficient (Wildman–Crippen LogP) is 2.87. The zero-order chi connectivity index (χ0) is 12.4. The van der Waals surface area contributed by atoms with Gasteiger partial charge in [-0.05, 0) is 58.3 Å². The van der Waals surface area contributed by atoms with Crippen molar-refractivity contribution in [2.75, 3.05) is 26.7 Å². The molecule has 0 bridgehead atoms. The molecule has 0 amide bonds. The molecule has 0 unspecified atom stereocenters. The molecule has 1 aliphatic carbocycles. The zero-order valence-corrected chi connectivity index (χ0v) is 13.2. The summed E-state index contributed by atoms with van der Waals surface area (Å²) in [6.07, 6.45) is 5.42. The molecular formula is C14H24ClN3S. The highest BCUT2D eigenvalue weighted by Crippen LogP contribution is 2.42. The molecule has 1 saturated carbocycles. The van der Waals surface area contributed by atoms with Crippen molar-refractivity contribution in [3.05, 3.63) is 16.1 Å². The van der Waals surface area contributed by atoms with Gasteiger partial charge in [0.1, 0.15) is 0 Å². The van der Waals surface area contributed by atoms with Crippen molar-refractivity contribution in [2.45, 2.75) is 38.1 Å². The molecule has 0 spiro atoms. The maximum atomic E-state index is 4.57. The van der Waals surface area contributed by atoms with Crippen molar-refractivity contribution in [2.24, 2.45) is 5.92 Å². The number of hydrogen-bond donors (Lipinski definition) is 1. The van der Waals surface area contributed by atoms with Crippen LogP contribution in [-0.4, -0.2) is 36.6 Å². The van der Waals surface area contributed by atoms with Crippen LogP contribution in [0.15, 0.2) is 5.51 Å². The molecule has 0 atom stereocenters. The van der Waals surface area contributed by atoms with Crippen molar-refractivity contribution in [1.82, 2.24) is 15.2 Å². The molecule has 1 N–H and O–H groups in total. The number of rotatable bonds is 5. The Hall–Kier alpha value is -0.160. The minimum absolute atomic E-state index is 0. The van der Waals surface area contributed by atoms with E-state index in [1.165, 1.54) is 55.9 Å². The van der Waals surface area contributed by atoms with Gasteiger partial charge < -0.3 is 5.32 Å². The van der Waals surface area contributed by atoms with Gasteiger partial charge in [-0.25, -0.2) is 4.98 Å². The molecule has 1 saturated heterocycles. The topological polar surface area (TPSA) is 28.2 Å². The first-order valence-corrected chi connectivity index (χ1v) is 8.04. The SMILES string of the molecule is CNCC1CCN(Cc2scnc2C2CC2)CC1.Cl. The predicted molar refractivity (Wildman–Crippen MR) is 83.3 cm³/mol. The van der Waals surface area contributed by atoms with E-state index in [1.807, 2.05) is 16.8 Å². The van der Waals surface area contributed by atoms with Crippen LogP contribution in [0.3, 0.4) is 0 Å². The highest BCUT2D eigenvalue weighted by atomic mass is 35.5. The normalized spacial score (nSPS) is 21.3. The molecule has 5 heteroatoms. The Kier molecular flexibility index (Phi) is 5.63. The molecule has 2 heterocycles. The largest absolute Gasteiger partial charge is 0.319 e. The van der Waals surface area contributed by atoms with Crippen LogP contribution in [-0.2, 0) is 6.54 Å². The Labute approximate surface area is 126 Å². The summed E-state index contributed by atoms with van der Waals surface area (Å²) in [6, 6.07) is 0. The van der Waals surface area contributed by atoms with Gasteiger partial charge in [-0.1, -0.05) is 0 Å². The Morgan fingerprint density at radius 1 is 1.32 bits per heavy atom. The lowest BCUT2D eigenvalue weighted by atomic mass is 9.97. The number of hydrogen-bond acceptors (Lipinski definition) is 4. The summed E-state index contributed by atoms with van der Waals surface area (Å²) in [4.78, 5) is 8.72. The maximum absolute atomic E-state index is 4.57. The number of aromatic nitrogens is 1. The van der Waals surface area contributed by atoms with E-state index in [-0.39, 0.29) is 12.4 Å². The zero-order valence-electron chi connectivity index (χ0n) is 11.6. The molecule has 108 valence electrons. The average Bonchev–Trinajstić information content (AvgIpc) is 3.13. The van der Waals surface area contributed by atoms with E-state index >= 15 is 0 Å². The third-order valence-corrected chi connectivity index (χ3v) is 5.04. The van der Waals surface area contributed by atoms with Crippen molar-refractivity contribution < 1.29 is 0 Å². The van der Waals surface area contributed by atoms with Gasteiger partial charge in [-0.2, -0.15) is 0 Å². The van der Waals surface area contributed by atoms with Crippen LogP contribution < -0.4 is 5.32 Å². The molecule has 19 heavy (non-hydrogen) atoms. The Morgan fingerprint density at radius 2 is 2.05 bits per heavy atom. The second-order valence-electron chi connectivity index (χ2n) is 5.71. The van der Waals surface area contributed by atoms with E-state index in [0.717, 1.165) is 18.4 Å². The fourth-order valence-corrected chi connectivity index (χ4v) is 3.82. The van der Waals surface area contributed by atoms with E-state index < -0.39 is 0 Å². The van der Waals surface area contributed by atoms with Gasteiger partial charge in [-0.15, -0.1) is 23.7 Å². The Bertz CT molecular complexity index is 384. The molecule has 0 radical (unpaired) electrons. The highest BCUT2D eigenvalue weighted by Gasteiger charge is 2.29. The fraction of sp³-hybridized carbons (Fsp3) is 0.786. The first-order valence-electron chi connectivity index (χ1n) is 7.16. The molecule has 1 aliphatic heterocycles. The standard InChI is InChI=1S/C14H23N3S.ClH/c1-15-8-11-4-6-17(7-5-11)9-13-14(12-2-3-12)16-10-18-13;/h10-12,15H,2-9H2,1H3;1H. The highest BCUT2D eigenvalue weighted by molar-refractivity contribution is 7.09. The van der Waals surface area contributed by atoms with Gasteiger partial charge in [-0.3, -0.25) is 4.90 Å². The number of nitrogens with zero attached hydrogens (tertiary/aromatic N) is 2. The summed E-state index contributed by atoms with van der Waals surface area (Å²) in [5.74, 6) is 1.68. The summed E-state index contributed by atoms with van der Waals surface area (Å²) < 4.78 is 0. The van der Waals surface area contributed by atoms with E-state index in [1.54, 1.807) is 0 Å². The van der Waals surface area contributed by atoms with Crippen molar-refractivity contribution in [1.29, 1.82) is 0 Å². The molecule has 0 aromatic carbocycles. The second kappa shape index (κ2) is 7.02. The smallest absolute Gasteiger partial charge is 0.0798 e. The molecule has 1 aromatic rings. The molecule has 3 rings (SSSR count). The minimum Gasteiger partial charge on any atom is -0.319 e. The number of piperidine rings is 1. The van der Waals surface area contributed by atoms with Crippen molar-refractivity contribution in [3.63, 3.8) is 0 Å². The molecule has 2 aliphatic rings. The molecule has 3 nitrogen and oxygen atoms in total. The maximum Gasteiger partial charge on any atom is 0.0798 e. The number of thiazole rings is 1. The summed E-state index contributed by atoms with van der Waals surface area (Å²) in [5.41, 5.74) is 3.45. The van der Waals surface area contributed by atoms with Crippen molar-refractivity contribution in [3.8, 4) is 0 Å². The lowest BCUT2D eigenvalue weighted by molar-refractivity contribution is 0.177. The van der Waals surface area contributed by atoms with Crippen LogP contribution in [0.5, 0.6) is 0 Å². The quantitative estimate of drug-likeness (QED) is 0.906. The first kappa shape index (κ1) is 15.2.